The van der Waals surface area contributed by atoms with Crippen molar-refractivity contribution in [1.29, 1.82) is 0 Å². The van der Waals surface area contributed by atoms with E-state index in [1.165, 1.54) is 31.2 Å². The quantitative estimate of drug-likeness (QED) is 0.551. The normalized spacial score (nSPS) is 16.2. The van der Waals surface area contributed by atoms with Gasteiger partial charge < -0.3 is 16.0 Å². The SMILES string of the molecule is CC1=C(C(=O)Nc2ccc([N+](=O)[O-])cc2)C(c2ccc(F)cc2F)NC(=O)N1. The number of nitrogens with zero attached hydrogens (tertiary/aromatic N) is 1. The number of halogens is 2. The second-order valence-electron chi connectivity index (χ2n) is 5.99. The van der Waals surface area contributed by atoms with Gasteiger partial charge in [-0.2, -0.15) is 0 Å². The average molecular weight is 388 g/mol. The highest BCUT2D eigenvalue weighted by Gasteiger charge is 2.33. The Hall–Kier alpha value is -3.82. The lowest BCUT2D eigenvalue weighted by atomic mass is 9.94. The lowest BCUT2D eigenvalue weighted by Gasteiger charge is -2.28. The van der Waals surface area contributed by atoms with Gasteiger partial charge in [0.1, 0.15) is 11.6 Å². The van der Waals surface area contributed by atoms with Crippen LogP contribution < -0.4 is 16.0 Å². The Balaban J connectivity index is 1.93. The summed E-state index contributed by atoms with van der Waals surface area (Å²) in [4.78, 5) is 34.7. The minimum Gasteiger partial charge on any atom is -0.327 e. The average Bonchev–Trinajstić information content (AvgIpc) is 2.61. The van der Waals surface area contributed by atoms with Crippen LogP contribution in [0, 0.1) is 21.7 Å². The third kappa shape index (κ3) is 3.80. The summed E-state index contributed by atoms with van der Waals surface area (Å²) < 4.78 is 27.5. The van der Waals surface area contributed by atoms with Crippen LogP contribution in [0.5, 0.6) is 0 Å². The first-order chi connectivity index (χ1) is 13.3. The molecule has 1 heterocycles. The van der Waals surface area contributed by atoms with Gasteiger partial charge >= 0.3 is 6.03 Å². The lowest BCUT2D eigenvalue weighted by molar-refractivity contribution is -0.384. The molecule has 3 N–H and O–H groups in total. The fourth-order valence-corrected chi connectivity index (χ4v) is 2.83. The predicted octanol–water partition coefficient (Wildman–Crippen LogP) is 3.14. The number of nitro groups is 1. The van der Waals surface area contributed by atoms with Crippen molar-refractivity contribution in [3.8, 4) is 0 Å². The van der Waals surface area contributed by atoms with E-state index < -0.39 is 34.5 Å². The topological polar surface area (TPSA) is 113 Å². The van der Waals surface area contributed by atoms with E-state index in [2.05, 4.69) is 16.0 Å². The molecule has 0 fully saturated rings. The summed E-state index contributed by atoms with van der Waals surface area (Å²) >= 11 is 0. The first-order valence-corrected chi connectivity index (χ1v) is 8.05. The van der Waals surface area contributed by atoms with Crippen molar-refractivity contribution in [3.63, 3.8) is 0 Å². The second kappa shape index (κ2) is 7.43. The molecule has 0 saturated carbocycles. The molecular weight excluding hydrogens is 374 g/mol. The monoisotopic (exact) mass is 388 g/mol. The molecule has 1 aliphatic rings. The fraction of sp³-hybridized carbons (Fsp3) is 0.111. The Labute approximate surface area is 157 Å². The van der Waals surface area contributed by atoms with Crippen LogP contribution in [0.15, 0.2) is 53.7 Å². The number of urea groups is 1. The van der Waals surface area contributed by atoms with Crippen LogP contribution in [0.25, 0.3) is 0 Å². The zero-order valence-corrected chi connectivity index (χ0v) is 14.5. The minimum atomic E-state index is -1.15. The van der Waals surface area contributed by atoms with Crippen molar-refractivity contribution < 1.29 is 23.3 Å². The molecule has 0 bridgehead atoms. The summed E-state index contributed by atoms with van der Waals surface area (Å²) in [5, 5.41) is 18.1. The van der Waals surface area contributed by atoms with Crippen LogP contribution in [0.2, 0.25) is 0 Å². The van der Waals surface area contributed by atoms with Crippen molar-refractivity contribution in [1.82, 2.24) is 10.6 Å². The van der Waals surface area contributed by atoms with Gasteiger partial charge in [-0.3, -0.25) is 14.9 Å². The molecule has 1 aliphatic heterocycles. The number of rotatable bonds is 4. The molecular formula is C18H14F2N4O4. The van der Waals surface area contributed by atoms with Gasteiger partial charge in [0.2, 0.25) is 0 Å². The highest BCUT2D eigenvalue weighted by molar-refractivity contribution is 6.06. The van der Waals surface area contributed by atoms with E-state index in [0.717, 1.165) is 12.1 Å². The number of allylic oxidation sites excluding steroid dienone is 1. The summed E-state index contributed by atoms with van der Waals surface area (Å²) in [5.41, 5.74) is 0.252. The number of non-ortho nitro benzene ring substituents is 1. The number of nitrogens with one attached hydrogen (secondary N) is 3. The van der Waals surface area contributed by atoms with E-state index in [1.807, 2.05) is 0 Å². The van der Waals surface area contributed by atoms with Gasteiger partial charge in [0.25, 0.3) is 11.6 Å². The van der Waals surface area contributed by atoms with Crippen LogP contribution in [-0.4, -0.2) is 16.9 Å². The van der Waals surface area contributed by atoms with E-state index in [9.17, 15) is 28.5 Å². The molecule has 28 heavy (non-hydrogen) atoms. The van der Waals surface area contributed by atoms with Crippen LogP contribution in [0.1, 0.15) is 18.5 Å². The predicted molar refractivity (Wildman–Crippen MR) is 95.2 cm³/mol. The molecule has 3 rings (SSSR count). The first-order valence-electron chi connectivity index (χ1n) is 8.05. The van der Waals surface area contributed by atoms with Gasteiger partial charge in [-0.15, -0.1) is 0 Å². The maximum atomic E-state index is 14.2. The van der Waals surface area contributed by atoms with Gasteiger partial charge in [-0.25, -0.2) is 13.6 Å². The van der Waals surface area contributed by atoms with Gasteiger partial charge in [-0.05, 0) is 25.1 Å². The number of hydrogen-bond donors (Lipinski definition) is 3. The van der Waals surface area contributed by atoms with E-state index in [1.54, 1.807) is 0 Å². The highest BCUT2D eigenvalue weighted by Crippen LogP contribution is 2.30. The number of amides is 3. The third-order valence-corrected chi connectivity index (χ3v) is 4.12. The van der Waals surface area contributed by atoms with Gasteiger partial charge in [0.15, 0.2) is 0 Å². The second-order valence-corrected chi connectivity index (χ2v) is 5.99. The Morgan fingerprint density at radius 2 is 1.86 bits per heavy atom. The zero-order chi connectivity index (χ0) is 20.4. The number of carbonyl (C=O) groups excluding carboxylic acids is 2. The van der Waals surface area contributed by atoms with Crippen molar-refractivity contribution in [3.05, 3.63) is 81.0 Å². The summed E-state index contributed by atoms with van der Waals surface area (Å²) in [6, 6.07) is 6.16. The Morgan fingerprint density at radius 3 is 2.46 bits per heavy atom. The molecule has 0 aliphatic carbocycles. The molecule has 0 radical (unpaired) electrons. The van der Waals surface area contributed by atoms with E-state index in [4.69, 9.17) is 0 Å². The standard InChI is InChI=1S/C18H14F2N4O4/c1-9-15(17(25)22-11-3-5-12(6-4-11)24(27)28)16(23-18(26)21-9)13-7-2-10(19)8-14(13)20/h2-8,16H,1H3,(H,22,25)(H2,21,23,26). The molecule has 144 valence electrons. The maximum Gasteiger partial charge on any atom is 0.319 e. The summed E-state index contributed by atoms with van der Waals surface area (Å²) in [6.07, 6.45) is 0. The molecule has 0 saturated heterocycles. The van der Waals surface area contributed by atoms with Crippen molar-refractivity contribution in [2.24, 2.45) is 0 Å². The summed E-state index contributed by atoms with van der Waals surface area (Å²) in [5.74, 6) is -2.37. The highest BCUT2D eigenvalue weighted by atomic mass is 19.1. The fourth-order valence-electron chi connectivity index (χ4n) is 2.83. The molecule has 2 aromatic carbocycles. The Bertz CT molecular complexity index is 1010. The van der Waals surface area contributed by atoms with Crippen molar-refractivity contribution in [2.45, 2.75) is 13.0 Å². The van der Waals surface area contributed by atoms with Crippen molar-refractivity contribution in [2.75, 3.05) is 5.32 Å². The van der Waals surface area contributed by atoms with Crippen LogP contribution in [0.3, 0.4) is 0 Å². The summed E-state index contributed by atoms with van der Waals surface area (Å²) in [7, 11) is 0. The minimum absolute atomic E-state index is 0.0171. The maximum absolute atomic E-state index is 14.2. The van der Waals surface area contributed by atoms with Crippen LogP contribution >= 0.6 is 0 Å². The lowest BCUT2D eigenvalue weighted by Crippen LogP contribution is -2.46. The van der Waals surface area contributed by atoms with E-state index in [-0.39, 0.29) is 28.2 Å². The largest absolute Gasteiger partial charge is 0.327 e. The molecule has 2 aromatic rings. The molecule has 0 aromatic heterocycles. The number of nitro benzene ring substituents is 1. The van der Waals surface area contributed by atoms with Gasteiger partial charge in [-0.1, -0.05) is 6.07 Å². The number of anilines is 1. The Kier molecular flexibility index (Phi) is 5.03. The first kappa shape index (κ1) is 19.0. The molecule has 8 nitrogen and oxygen atoms in total. The van der Waals surface area contributed by atoms with Crippen LogP contribution in [0.4, 0.5) is 25.0 Å². The number of hydrogen-bond acceptors (Lipinski definition) is 4. The smallest absolute Gasteiger partial charge is 0.319 e. The molecule has 1 unspecified atom stereocenters. The number of carbonyl (C=O) groups is 2. The third-order valence-electron chi connectivity index (χ3n) is 4.12. The van der Waals surface area contributed by atoms with E-state index in [0.29, 0.717) is 6.07 Å². The Morgan fingerprint density at radius 1 is 1.18 bits per heavy atom. The molecule has 1 atom stereocenters. The zero-order valence-electron chi connectivity index (χ0n) is 14.5. The van der Waals surface area contributed by atoms with E-state index >= 15 is 0 Å². The van der Waals surface area contributed by atoms with Crippen LogP contribution in [-0.2, 0) is 4.79 Å². The molecule has 0 spiro atoms. The van der Waals surface area contributed by atoms with Gasteiger partial charge in [0.05, 0.1) is 16.5 Å². The molecule has 10 heteroatoms. The number of benzene rings is 2. The molecule has 3 amide bonds. The van der Waals surface area contributed by atoms with Gasteiger partial charge in [0, 0.05) is 35.1 Å². The summed E-state index contributed by atoms with van der Waals surface area (Å²) in [6.45, 7) is 1.47. The van der Waals surface area contributed by atoms with Crippen molar-refractivity contribution >= 4 is 23.3 Å².